The van der Waals surface area contributed by atoms with E-state index in [-0.39, 0.29) is 5.48 Å². The maximum absolute atomic E-state index is 5.85. The fourth-order valence-electron chi connectivity index (χ4n) is 1.49. The van der Waals surface area contributed by atoms with E-state index < -0.39 is 0 Å². The molecule has 0 aliphatic carbocycles. The molecule has 0 unspecified atom stereocenters. The van der Waals surface area contributed by atoms with Gasteiger partial charge in [0.25, 0.3) is 0 Å². The molecular formula is C16H18Cl4O. The van der Waals surface area contributed by atoms with Crippen LogP contribution in [-0.2, 0) is 0 Å². The quantitative estimate of drug-likeness (QED) is 0.516. The molecule has 0 aliphatic heterocycles. The van der Waals surface area contributed by atoms with E-state index in [0.29, 0.717) is 20.1 Å². The number of aryl methyl sites for hydroxylation is 4. The molecule has 21 heavy (non-hydrogen) atoms. The van der Waals surface area contributed by atoms with Gasteiger partial charge in [-0.05, 0) is 49.9 Å². The summed E-state index contributed by atoms with van der Waals surface area (Å²) in [6.45, 7) is 7.75. The van der Waals surface area contributed by atoms with Gasteiger partial charge in [-0.1, -0.05) is 70.7 Å². The van der Waals surface area contributed by atoms with Crippen molar-refractivity contribution in [3.05, 3.63) is 66.6 Å². The Morgan fingerprint density at radius 3 is 0.762 bits per heavy atom. The van der Waals surface area contributed by atoms with Gasteiger partial charge >= 0.3 is 0 Å². The molecule has 1 nitrogen and oxygen atoms in total. The number of rotatable bonds is 0. The van der Waals surface area contributed by atoms with Crippen molar-refractivity contribution in [1.29, 1.82) is 0 Å². The van der Waals surface area contributed by atoms with Crippen molar-refractivity contribution in [3.63, 3.8) is 0 Å². The topological polar surface area (TPSA) is 31.5 Å². The zero-order valence-electron chi connectivity index (χ0n) is 12.3. The first kappa shape index (κ1) is 20.6. The molecule has 5 heteroatoms. The maximum atomic E-state index is 5.85. The smallest absolute Gasteiger partial charge is 0.0624 e. The normalized spacial score (nSPS) is 9.52. The second-order valence-electron chi connectivity index (χ2n) is 4.65. The Bertz CT molecular complexity index is 515. The third kappa shape index (κ3) is 5.36. The minimum Gasteiger partial charge on any atom is -0.412 e. The molecule has 0 atom stereocenters. The van der Waals surface area contributed by atoms with Gasteiger partial charge in [-0.2, -0.15) is 0 Å². The van der Waals surface area contributed by atoms with Crippen molar-refractivity contribution in [2.75, 3.05) is 0 Å². The van der Waals surface area contributed by atoms with E-state index in [9.17, 15) is 0 Å². The Morgan fingerprint density at radius 1 is 0.476 bits per heavy atom. The number of benzene rings is 2. The first-order valence-electron chi connectivity index (χ1n) is 6.08. The Balaban J connectivity index is 0.000000364. The lowest BCUT2D eigenvalue weighted by molar-refractivity contribution is 0.824. The Labute approximate surface area is 146 Å². The second kappa shape index (κ2) is 8.87. The van der Waals surface area contributed by atoms with Crippen LogP contribution in [0.15, 0.2) is 24.3 Å². The van der Waals surface area contributed by atoms with Crippen molar-refractivity contribution in [3.8, 4) is 0 Å². The van der Waals surface area contributed by atoms with E-state index in [4.69, 9.17) is 46.4 Å². The molecule has 0 aromatic heterocycles. The summed E-state index contributed by atoms with van der Waals surface area (Å²) in [5, 5.41) is 2.67. The Kier molecular flexibility index (Phi) is 8.69. The molecule has 0 radical (unpaired) electrons. The second-order valence-corrected chi connectivity index (χ2v) is 6.17. The monoisotopic (exact) mass is 366 g/mol. The van der Waals surface area contributed by atoms with Gasteiger partial charge in [-0.25, -0.2) is 0 Å². The van der Waals surface area contributed by atoms with E-state index in [1.807, 2.05) is 52.0 Å². The summed E-state index contributed by atoms with van der Waals surface area (Å²) in [5.74, 6) is 0. The SMILES string of the molecule is Cc1ccc(C)c(Cl)c1Cl.Cc1ccc(C)c(Cl)c1Cl.O. The number of hydrogen-bond donors (Lipinski definition) is 0. The number of hydrogen-bond acceptors (Lipinski definition) is 0. The van der Waals surface area contributed by atoms with Crippen LogP contribution in [0.4, 0.5) is 0 Å². The highest BCUT2D eigenvalue weighted by Crippen LogP contribution is 2.28. The fraction of sp³-hybridized carbons (Fsp3) is 0.250. The van der Waals surface area contributed by atoms with Crippen LogP contribution in [-0.4, -0.2) is 5.48 Å². The minimum absolute atomic E-state index is 0. The van der Waals surface area contributed by atoms with Gasteiger partial charge in [-0.3, -0.25) is 0 Å². The van der Waals surface area contributed by atoms with E-state index in [0.717, 1.165) is 22.3 Å². The molecule has 0 spiro atoms. The third-order valence-corrected chi connectivity index (χ3v) is 5.08. The van der Waals surface area contributed by atoms with Gasteiger partial charge in [-0.15, -0.1) is 0 Å². The van der Waals surface area contributed by atoms with Crippen LogP contribution in [0.2, 0.25) is 20.1 Å². The van der Waals surface area contributed by atoms with Crippen LogP contribution in [0.1, 0.15) is 22.3 Å². The molecule has 2 N–H and O–H groups in total. The summed E-state index contributed by atoms with van der Waals surface area (Å²) in [4.78, 5) is 0. The first-order valence-corrected chi connectivity index (χ1v) is 7.59. The van der Waals surface area contributed by atoms with Gasteiger partial charge in [0.05, 0.1) is 20.1 Å². The molecule has 0 bridgehead atoms. The average Bonchev–Trinajstić information content (AvgIpc) is 2.43. The molecule has 2 aromatic rings. The highest BCUT2D eigenvalue weighted by Gasteiger charge is 2.02. The van der Waals surface area contributed by atoms with Crippen LogP contribution >= 0.6 is 46.4 Å². The lowest BCUT2D eigenvalue weighted by Gasteiger charge is -2.01. The molecule has 116 valence electrons. The summed E-state index contributed by atoms with van der Waals surface area (Å²) in [7, 11) is 0. The largest absolute Gasteiger partial charge is 0.412 e. The summed E-state index contributed by atoms with van der Waals surface area (Å²) in [6, 6.07) is 7.85. The first-order chi connectivity index (χ1) is 9.25. The summed E-state index contributed by atoms with van der Waals surface area (Å²) < 4.78 is 0. The fourth-order valence-corrected chi connectivity index (χ4v) is 2.33. The summed E-state index contributed by atoms with van der Waals surface area (Å²) in [6.07, 6.45) is 0. The predicted molar refractivity (Wildman–Crippen MR) is 95.5 cm³/mol. The van der Waals surface area contributed by atoms with Crippen molar-refractivity contribution >= 4 is 46.4 Å². The van der Waals surface area contributed by atoms with Crippen molar-refractivity contribution in [2.24, 2.45) is 0 Å². The van der Waals surface area contributed by atoms with Crippen LogP contribution in [0.5, 0.6) is 0 Å². The van der Waals surface area contributed by atoms with Crippen molar-refractivity contribution in [1.82, 2.24) is 0 Å². The molecular weight excluding hydrogens is 350 g/mol. The van der Waals surface area contributed by atoms with Crippen molar-refractivity contribution in [2.45, 2.75) is 27.7 Å². The maximum Gasteiger partial charge on any atom is 0.0624 e. The predicted octanol–water partition coefficient (Wildman–Crippen LogP) is 6.40. The standard InChI is InChI=1S/2C8H8Cl2.H2O/c2*1-5-3-4-6(2)8(10)7(5)9;/h2*3-4H,1-2H3;1H2. The molecule has 2 aromatic carbocycles. The van der Waals surface area contributed by atoms with Crippen LogP contribution < -0.4 is 0 Å². The molecule has 0 saturated carbocycles. The van der Waals surface area contributed by atoms with Crippen LogP contribution in [0.25, 0.3) is 0 Å². The van der Waals surface area contributed by atoms with E-state index >= 15 is 0 Å². The van der Waals surface area contributed by atoms with E-state index in [1.165, 1.54) is 0 Å². The molecule has 2 rings (SSSR count). The molecule has 0 heterocycles. The molecule has 0 amide bonds. The van der Waals surface area contributed by atoms with Crippen LogP contribution in [0, 0.1) is 27.7 Å². The lowest BCUT2D eigenvalue weighted by Crippen LogP contribution is -1.79. The zero-order valence-corrected chi connectivity index (χ0v) is 15.3. The summed E-state index contributed by atoms with van der Waals surface area (Å²) >= 11 is 23.4. The van der Waals surface area contributed by atoms with Gasteiger partial charge in [0.1, 0.15) is 0 Å². The zero-order chi connectivity index (χ0) is 15.4. The van der Waals surface area contributed by atoms with E-state index in [1.54, 1.807) is 0 Å². The number of halogens is 4. The lowest BCUT2D eigenvalue weighted by atomic mass is 10.2. The Hall–Kier alpha value is -0.440. The minimum atomic E-state index is 0. The molecule has 0 saturated heterocycles. The highest BCUT2D eigenvalue weighted by atomic mass is 35.5. The van der Waals surface area contributed by atoms with Gasteiger partial charge in [0, 0.05) is 0 Å². The molecule has 0 aliphatic rings. The Morgan fingerprint density at radius 2 is 0.619 bits per heavy atom. The summed E-state index contributed by atoms with van der Waals surface area (Å²) in [5.41, 5.74) is 4.10. The van der Waals surface area contributed by atoms with Gasteiger partial charge in [0.15, 0.2) is 0 Å². The van der Waals surface area contributed by atoms with Crippen molar-refractivity contribution < 1.29 is 5.48 Å². The third-order valence-electron chi connectivity index (χ3n) is 2.94. The van der Waals surface area contributed by atoms with E-state index in [2.05, 4.69) is 0 Å². The molecule has 0 fully saturated rings. The van der Waals surface area contributed by atoms with Gasteiger partial charge in [0.2, 0.25) is 0 Å². The average molecular weight is 368 g/mol. The van der Waals surface area contributed by atoms with Crippen LogP contribution in [0.3, 0.4) is 0 Å². The van der Waals surface area contributed by atoms with Gasteiger partial charge < -0.3 is 5.48 Å². The highest BCUT2D eigenvalue weighted by molar-refractivity contribution is 6.43.